The molecule has 3 nitrogen and oxygen atoms in total. The van der Waals surface area contributed by atoms with Gasteiger partial charge in [-0.2, -0.15) is 0 Å². The lowest BCUT2D eigenvalue weighted by molar-refractivity contribution is 0.366. The van der Waals surface area contributed by atoms with E-state index >= 15 is 0 Å². The van der Waals surface area contributed by atoms with E-state index in [1.807, 2.05) is 13.8 Å². The zero-order chi connectivity index (χ0) is 8.27. The molecule has 1 aromatic heterocycles. The van der Waals surface area contributed by atoms with Crippen LogP contribution in [0.3, 0.4) is 0 Å². The molecule has 62 valence electrons. The predicted molar refractivity (Wildman–Crippen MR) is 40.6 cm³/mol. The summed E-state index contributed by atoms with van der Waals surface area (Å²) in [6.07, 6.45) is 2.48. The molecule has 0 fully saturated rings. The Kier molecular flexibility index (Phi) is 2.52. The Morgan fingerprint density at radius 3 is 2.36 bits per heavy atom. The summed E-state index contributed by atoms with van der Waals surface area (Å²) in [5.41, 5.74) is 0. The monoisotopic (exact) mass is 156 g/mol. The molecule has 0 amide bonds. The Hall–Kier alpha value is -0.990. The summed E-state index contributed by atoms with van der Waals surface area (Å²) in [6.45, 7) is 3.97. The van der Waals surface area contributed by atoms with Crippen LogP contribution in [0, 0.1) is 0 Å². The topological polar surface area (TPSA) is 43.4 Å². The number of hydrogen-bond acceptors (Lipinski definition) is 3. The SMILES string of the molecule is CCCc1oc(=O)oc1CC. The van der Waals surface area contributed by atoms with E-state index in [0.717, 1.165) is 19.3 Å². The van der Waals surface area contributed by atoms with E-state index in [-0.39, 0.29) is 0 Å². The van der Waals surface area contributed by atoms with Gasteiger partial charge >= 0.3 is 5.82 Å². The summed E-state index contributed by atoms with van der Waals surface area (Å²) in [5, 5.41) is 0. The predicted octanol–water partition coefficient (Wildman–Crippen LogP) is 1.75. The maximum absolute atomic E-state index is 10.6. The lowest BCUT2D eigenvalue weighted by Gasteiger charge is -1.91. The maximum Gasteiger partial charge on any atom is 0.519 e. The second kappa shape index (κ2) is 3.42. The summed E-state index contributed by atoms with van der Waals surface area (Å²) in [6, 6.07) is 0. The van der Waals surface area contributed by atoms with Crippen LogP contribution in [-0.2, 0) is 12.8 Å². The van der Waals surface area contributed by atoms with Gasteiger partial charge in [-0.05, 0) is 6.42 Å². The third-order valence-electron chi connectivity index (χ3n) is 1.52. The molecule has 0 aliphatic rings. The van der Waals surface area contributed by atoms with Crippen LogP contribution in [0.5, 0.6) is 0 Å². The van der Waals surface area contributed by atoms with Gasteiger partial charge in [0.15, 0.2) is 0 Å². The van der Waals surface area contributed by atoms with Crippen molar-refractivity contribution in [2.24, 2.45) is 0 Å². The van der Waals surface area contributed by atoms with Crippen molar-refractivity contribution in [2.75, 3.05) is 0 Å². The Morgan fingerprint density at radius 2 is 1.82 bits per heavy atom. The fourth-order valence-corrected chi connectivity index (χ4v) is 1.02. The van der Waals surface area contributed by atoms with E-state index < -0.39 is 5.82 Å². The second-order valence-electron chi connectivity index (χ2n) is 2.40. The molecule has 0 N–H and O–H groups in total. The van der Waals surface area contributed by atoms with Gasteiger partial charge in [-0.1, -0.05) is 13.8 Å². The molecule has 0 aliphatic heterocycles. The third-order valence-corrected chi connectivity index (χ3v) is 1.52. The van der Waals surface area contributed by atoms with Gasteiger partial charge in [0, 0.05) is 12.8 Å². The highest BCUT2D eigenvalue weighted by molar-refractivity contribution is 5.02. The first-order valence-corrected chi connectivity index (χ1v) is 3.89. The first kappa shape index (κ1) is 8.11. The van der Waals surface area contributed by atoms with Crippen LogP contribution in [-0.4, -0.2) is 0 Å². The summed E-state index contributed by atoms with van der Waals surface area (Å²) in [4.78, 5) is 10.6. The van der Waals surface area contributed by atoms with Gasteiger partial charge in [0.05, 0.1) is 0 Å². The van der Waals surface area contributed by atoms with Gasteiger partial charge in [-0.25, -0.2) is 4.79 Å². The smallest absolute Gasteiger partial charge is 0.396 e. The minimum absolute atomic E-state index is 0.578. The van der Waals surface area contributed by atoms with Gasteiger partial charge < -0.3 is 8.83 Å². The van der Waals surface area contributed by atoms with E-state index in [0.29, 0.717) is 11.5 Å². The van der Waals surface area contributed by atoms with Gasteiger partial charge in [-0.15, -0.1) is 0 Å². The van der Waals surface area contributed by atoms with E-state index in [4.69, 9.17) is 8.83 Å². The van der Waals surface area contributed by atoms with Crippen LogP contribution in [0.25, 0.3) is 0 Å². The normalized spacial score (nSPS) is 10.4. The molecule has 3 heteroatoms. The molecular formula is C8H12O3. The molecule has 0 unspecified atom stereocenters. The Bertz CT molecular complexity index is 269. The van der Waals surface area contributed by atoms with Crippen LogP contribution in [0.1, 0.15) is 31.8 Å². The standard InChI is InChI=1S/C8H12O3/c1-3-5-7-6(4-2)10-8(9)11-7/h3-5H2,1-2H3. The van der Waals surface area contributed by atoms with Crippen molar-refractivity contribution in [3.8, 4) is 0 Å². The molecular weight excluding hydrogens is 144 g/mol. The lowest BCUT2D eigenvalue weighted by Crippen LogP contribution is -1.86. The first-order chi connectivity index (χ1) is 5.27. The van der Waals surface area contributed by atoms with Gasteiger partial charge in [-0.3, -0.25) is 0 Å². The highest BCUT2D eigenvalue weighted by atomic mass is 16.6. The third kappa shape index (κ3) is 1.73. The molecule has 11 heavy (non-hydrogen) atoms. The van der Waals surface area contributed by atoms with Crippen LogP contribution in [0.4, 0.5) is 0 Å². The molecule has 1 aromatic rings. The highest BCUT2D eigenvalue weighted by Gasteiger charge is 2.08. The summed E-state index contributed by atoms with van der Waals surface area (Å²) in [7, 11) is 0. The van der Waals surface area contributed by atoms with E-state index in [1.165, 1.54) is 0 Å². The largest absolute Gasteiger partial charge is 0.519 e. The van der Waals surface area contributed by atoms with Gasteiger partial charge in [0.1, 0.15) is 11.5 Å². The van der Waals surface area contributed by atoms with Gasteiger partial charge in [0.2, 0.25) is 0 Å². The number of rotatable bonds is 3. The number of hydrogen-bond donors (Lipinski definition) is 0. The average Bonchev–Trinajstić information content (AvgIpc) is 2.32. The minimum Gasteiger partial charge on any atom is -0.396 e. The Labute approximate surface area is 65.0 Å². The average molecular weight is 156 g/mol. The summed E-state index contributed by atoms with van der Waals surface area (Å²) in [5.74, 6) is 0.821. The van der Waals surface area contributed by atoms with Crippen molar-refractivity contribution in [3.63, 3.8) is 0 Å². The van der Waals surface area contributed by atoms with Crippen molar-refractivity contribution < 1.29 is 8.83 Å². The molecule has 0 bridgehead atoms. The Balaban J connectivity index is 2.92. The van der Waals surface area contributed by atoms with Crippen molar-refractivity contribution in [1.29, 1.82) is 0 Å². The fraction of sp³-hybridized carbons (Fsp3) is 0.625. The zero-order valence-corrected chi connectivity index (χ0v) is 6.85. The highest BCUT2D eigenvalue weighted by Crippen LogP contribution is 2.09. The van der Waals surface area contributed by atoms with E-state index in [9.17, 15) is 4.79 Å². The van der Waals surface area contributed by atoms with Crippen molar-refractivity contribution in [1.82, 2.24) is 0 Å². The first-order valence-electron chi connectivity index (χ1n) is 3.89. The zero-order valence-electron chi connectivity index (χ0n) is 6.85. The molecule has 0 radical (unpaired) electrons. The molecule has 0 spiro atoms. The molecule has 0 aromatic carbocycles. The van der Waals surface area contributed by atoms with E-state index in [2.05, 4.69) is 0 Å². The molecule has 0 saturated heterocycles. The second-order valence-corrected chi connectivity index (χ2v) is 2.40. The molecule has 1 heterocycles. The van der Waals surface area contributed by atoms with Crippen molar-refractivity contribution in [2.45, 2.75) is 33.1 Å². The summed E-state index contributed by atoms with van der Waals surface area (Å²) < 4.78 is 9.62. The molecule has 0 aliphatic carbocycles. The fourth-order valence-electron chi connectivity index (χ4n) is 1.02. The summed E-state index contributed by atoms with van der Waals surface area (Å²) >= 11 is 0. The minimum atomic E-state index is -0.578. The Morgan fingerprint density at radius 1 is 1.18 bits per heavy atom. The van der Waals surface area contributed by atoms with Crippen LogP contribution < -0.4 is 5.82 Å². The quantitative estimate of drug-likeness (QED) is 0.669. The molecule has 0 atom stereocenters. The van der Waals surface area contributed by atoms with Gasteiger partial charge in [0.25, 0.3) is 0 Å². The van der Waals surface area contributed by atoms with Crippen LogP contribution >= 0.6 is 0 Å². The van der Waals surface area contributed by atoms with Crippen molar-refractivity contribution in [3.05, 3.63) is 22.1 Å². The van der Waals surface area contributed by atoms with Crippen LogP contribution in [0.2, 0.25) is 0 Å². The molecule has 0 saturated carbocycles. The van der Waals surface area contributed by atoms with E-state index in [1.54, 1.807) is 0 Å². The molecule has 1 rings (SSSR count). The maximum atomic E-state index is 10.6. The van der Waals surface area contributed by atoms with Crippen LogP contribution in [0.15, 0.2) is 13.6 Å². The van der Waals surface area contributed by atoms with Crippen molar-refractivity contribution >= 4 is 0 Å². The number of aryl methyl sites for hydroxylation is 2. The lowest BCUT2D eigenvalue weighted by atomic mass is 10.2.